The molecule has 0 radical (unpaired) electrons. The summed E-state index contributed by atoms with van der Waals surface area (Å²) in [6.45, 7) is 2.33. The van der Waals surface area contributed by atoms with Crippen LogP contribution in [-0.2, 0) is 6.54 Å². The van der Waals surface area contributed by atoms with E-state index in [0.29, 0.717) is 0 Å². The topological polar surface area (TPSA) is 34.9 Å². The van der Waals surface area contributed by atoms with Crippen LogP contribution in [0.15, 0.2) is 78.9 Å². The molecular formula is C22H18N2O. The summed E-state index contributed by atoms with van der Waals surface area (Å²) >= 11 is 0. The number of para-hydroxylation sites is 2. The number of ketones is 1. The number of rotatable bonds is 4. The van der Waals surface area contributed by atoms with E-state index in [9.17, 15) is 4.79 Å². The predicted molar refractivity (Wildman–Crippen MR) is 101 cm³/mol. The highest BCUT2D eigenvalue weighted by molar-refractivity contribution is 5.97. The Kier molecular flexibility index (Phi) is 3.90. The van der Waals surface area contributed by atoms with Gasteiger partial charge in [0.2, 0.25) is 0 Å². The molecule has 0 unspecified atom stereocenters. The molecule has 4 rings (SSSR count). The summed E-state index contributed by atoms with van der Waals surface area (Å²) < 4.78 is 2.01. The van der Waals surface area contributed by atoms with Crippen LogP contribution in [0.2, 0.25) is 0 Å². The second-order valence-corrected chi connectivity index (χ2v) is 6.17. The van der Waals surface area contributed by atoms with Gasteiger partial charge < -0.3 is 4.57 Å². The summed E-state index contributed by atoms with van der Waals surface area (Å²) in [5.41, 5.74) is 4.79. The number of aromatic nitrogens is 2. The van der Waals surface area contributed by atoms with Crippen molar-refractivity contribution in [2.45, 2.75) is 13.5 Å². The fourth-order valence-corrected chi connectivity index (χ4v) is 3.10. The summed E-state index contributed by atoms with van der Waals surface area (Å²) in [4.78, 5) is 17.5. The first-order chi connectivity index (χ1) is 12.2. The van der Waals surface area contributed by atoms with Crippen molar-refractivity contribution < 1.29 is 4.79 Å². The van der Waals surface area contributed by atoms with Gasteiger partial charge in [0.1, 0.15) is 5.82 Å². The van der Waals surface area contributed by atoms with Crippen LogP contribution in [0, 0.1) is 6.92 Å². The molecule has 0 saturated carbocycles. The van der Waals surface area contributed by atoms with Gasteiger partial charge in [-0.15, -0.1) is 0 Å². The first-order valence-corrected chi connectivity index (χ1v) is 8.33. The van der Waals surface area contributed by atoms with E-state index >= 15 is 0 Å². The van der Waals surface area contributed by atoms with Crippen molar-refractivity contribution in [1.82, 2.24) is 9.55 Å². The molecule has 0 fully saturated rings. The van der Waals surface area contributed by atoms with Gasteiger partial charge in [-0.25, -0.2) is 4.98 Å². The highest BCUT2D eigenvalue weighted by Gasteiger charge is 2.16. The number of carbonyl (C=O) groups excluding carboxylic acids is 1. The molecule has 3 nitrogen and oxygen atoms in total. The lowest BCUT2D eigenvalue weighted by Crippen LogP contribution is -2.11. The zero-order chi connectivity index (χ0) is 17.2. The molecule has 25 heavy (non-hydrogen) atoms. The van der Waals surface area contributed by atoms with E-state index in [4.69, 9.17) is 4.98 Å². The Morgan fingerprint density at radius 2 is 1.68 bits per heavy atom. The Bertz CT molecular complexity index is 1050. The normalized spacial score (nSPS) is 10.9. The van der Waals surface area contributed by atoms with Crippen LogP contribution in [-0.4, -0.2) is 15.3 Å². The fraction of sp³-hybridized carbons (Fsp3) is 0.0909. The molecule has 0 bridgehead atoms. The fourth-order valence-electron chi connectivity index (χ4n) is 3.10. The largest absolute Gasteiger partial charge is 0.316 e. The molecule has 0 aliphatic heterocycles. The molecule has 0 aliphatic rings. The quantitative estimate of drug-likeness (QED) is 0.500. The third-order valence-electron chi connectivity index (χ3n) is 4.33. The Hall–Kier alpha value is -3.20. The standard InChI is InChI=1S/C22H18N2O/c1-16-8-7-11-18(14-16)22-23-19-12-5-6-13-20(19)24(22)15-21(25)17-9-3-2-4-10-17/h2-14H,15H2,1H3. The molecule has 1 aromatic heterocycles. The van der Waals surface area contributed by atoms with Crippen molar-refractivity contribution in [2.24, 2.45) is 0 Å². The SMILES string of the molecule is Cc1cccc(-c2nc3ccccc3n2CC(=O)c2ccccc2)c1. The molecule has 0 amide bonds. The molecular weight excluding hydrogens is 308 g/mol. The molecule has 3 aromatic carbocycles. The van der Waals surface area contributed by atoms with Crippen molar-refractivity contribution in [3.63, 3.8) is 0 Å². The number of benzene rings is 3. The van der Waals surface area contributed by atoms with Crippen molar-refractivity contribution in [3.05, 3.63) is 90.0 Å². The lowest BCUT2D eigenvalue weighted by molar-refractivity contribution is 0.0974. The van der Waals surface area contributed by atoms with E-state index in [2.05, 4.69) is 19.1 Å². The third kappa shape index (κ3) is 2.96. The molecule has 0 aliphatic carbocycles. The lowest BCUT2D eigenvalue weighted by Gasteiger charge is -2.09. The van der Waals surface area contributed by atoms with Crippen LogP contribution in [0.5, 0.6) is 0 Å². The van der Waals surface area contributed by atoms with Crippen molar-refractivity contribution in [2.75, 3.05) is 0 Å². The summed E-state index contributed by atoms with van der Waals surface area (Å²) in [5, 5.41) is 0. The molecule has 4 aromatic rings. The van der Waals surface area contributed by atoms with Gasteiger partial charge in [0.15, 0.2) is 5.78 Å². The Morgan fingerprint density at radius 1 is 0.920 bits per heavy atom. The number of Topliss-reactive ketones (excluding diaryl/α,β-unsaturated/α-hetero) is 1. The lowest BCUT2D eigenvalue weighted by atomic mass is 10.1. The maximum atomic E-state index is 12.8. The van der Waals surface area contributed by atoms with E-state index in [-0.39, 0.29) is 12.3 Å². The zero-order valence-electron chi connectivity index (χ0n) is 14.0. The number of aryl methyl sites for hydroxylation is 1. The van der Waals surface area contributed by atoms with Gasteiger partial charge in [-0.1, -0.05) is 66.2 Å². The average Bonchev–Trinajstić information content (AvgIpc) is 3.01. The van der Waals surface area contributed by atoms with Gasteiger partial charge in [0, 0.05) is 11.1 Å². The monoisotopic (exact) mass is 326 g/mol. The zero-order valence-corrected chi connectivity index (χ0v) is 14.0. The highest BCUT2D eigenvalue weighted by Crippen LogP contribution is 2.26. The molecule has 1 heterocycles. The second-order valence-electron chi connectivity index (χ2n) is 6.17. The van der Waals surface area contributed by atoms with Gasteiger partial charge in [-0.2, -0.15) is 0 Å². The minimum Gasteiger partial charge on any atom is -0.316 e. The number of fused-ring (bicyclic) bond motifs is 1. The number of nitrogens with zero attached hydrogens (tertiary/aromatic N) is 2. The van der Waals surface area contributed by atoms with Crippen LogP contribution in [0.3, 0.4) is 0 Å². The van der Waals surface area contributed by atoms with Crippen LogP contribution in [0.4, 0.5) is 0 Å². The summed E-state index contributed by atoms with van der Waals surface area (Å²) in [7, 11) is 0. The maximum absolute atomic E-state index is 12.8. The van der Waals surface area contributed by atoms with Crippen LogP contribution in [0.25, 0.3) is 22.4 Å². The van der Waals surface area contributed by atoms with E-state index < -0.39 is 0 Å². The molecule has 122 valence electrons. The first kappa shape index (κ1) is 15.3. The number of imidazole rings is 1. The summed E-state index contributed by atoms with van der Waals surface area (Å²) in [6.07, 6.45) is 0. The average molecular weight is 326 g/mol. The Balaban J connectivity index is 1.84. The molecule has 0 atom stereocenters. The Morgan fingerprint density at radius 3 is 2.48 bits per heavy atom. The summed E-state index contributed by atoms with van der Waals surface area (Å²) in [5.74, 6) is 0.909. The molecule has 0 N–H and O–H groups in total. The van der Waals surface area contributed by atoms with Gasteiger partial charge in [0.05, 0.1) is 17.6 Å². The van der Waals surface area contributed by atoms with Gasteiger partial charge >= 0.3 is 0 Å². The molecule has 0 saturated heterocycles. The second kappa shape index (κ2) is 6.36. The maximum Gasteiger partial charge on any atom is 0.182 e. The minimum absolute atomic E-state index is 0.0812. The number of hydrogen-bond acceptors (Lipinski definition) is 2. The van der Waals surface area contributed by atoms with Crippen LogP contribution < -0.4 is 0 Å². The molecule has 0 spiro atoms. The smallest absolute Gasteiger partial charge is 0.182 e. The predicted octanol–water partition coefficient (Wildman–Crippen LogP) is 4.89. The van der Waals surface area contributed by atoms with Crippen LogP contribution >= 0.6 is 0 Å². The van der Waals surface area contributed by atoms with Crippen LogP contribution in [0.1, 0.15) is 15.9 Å². The Labute approximate surface area is 146 Å². The van der Waals surface area contributed by atoms with E-state index in [1.807, 2.05) is 71.3 Å². The third-order valence-corrected chi connectivity index (χ3v) is 4.33. The van der Waals surface area contributed by atoms with E-state index in [1.54, 1.807) is 0 Å². The number of hydrogen-bond donors (Lipinski definition) is 0. The summed E-state index contributed by atoms with van der Waals surface area (Å²) in [6, 6.07) is 25.6. The van der Waals surface area contributed by atoms with Crippen molar-refractivity contribution >= 4 is 16.8 Å². The number of carbonyl (C=O) groups is 1. The van der Waals surface area contributed by atoms with E-state index in [0.717, 1.165) is 28.0 Å². The van der Waals surface area contributed by atoms with E-state index in [1.165, 1.54) is 5.56 Å². The van der Waals surface area contributed by atoms with Crippen molar-refractivity contribution in [1.29, 1.82) is 0 Å². The van der Waals surface area contributed by atoms with Gasteiger partial charge in [0.25, 0.3) is 0 Å². The molecule has 3 heteroatoms. The highest BCUT2D eigenvalue weighted by atomic mass is 16.1. The van der Waals surface area contributed by atoms with Gasteiger partial charge in [-0.3, -0.25) is 4.79 Å². The first-order valence-electron chi connectivity index (χ1n) is 8.33. The van der Waals surface area contributed by atoms with Gasteiger partial charge in [-0.05, 0) is 25.1 Å². The minimum atomic E-state index is 0.0812. The van der Waals surface area contributed by atoms with Crippen molar-refractivity contribution in [3.8, 4) is 11.4 Å².